The molecule has 0 spiro atoms. The third-order valence-corrected chi connectivity index (χ3v) is 3.34. The summed E-state index contributed by atoms with van der Waals surface area (Å²) in [5.41, 5.74) is 6.58. The predicted molar refractivity (Wildman–Crippen MR) is 78.9 cm³/mol. The molecule has 1 amide bonds. The second-order valence-corrected chi connectivity index (χ2v) is 4.63. The van der Waals surface area contributed by atoms with Crippen LogP contribution in [-0.4, -0.2) is 43.0 Å². The van der Waals surface area contributed by atoms with E-state index in [0.29, 0.717) is 6.42 Å². The minimum atomic E-state index is -0.294. The quantitative estimate of drug-likeness (QED) is 0.699. The number of carbonyl (C=O) groups is 1. The molecular formula is C15H25N3O. The van der Waals surface area contributed by atoms with Crippen LogP contribution in [0.3, 0.4) is 0 Å². The average molecular weight is 263 g/mol. The number of amides is 1. The Hall–Kier alpha value is -1.39. The zero-order valence-corrected chi connectivity index (χ0v) is 11.9. The number of hydrogen-bond acceptors (Lipinski definition) is 3. The highest BCUT2D eigenvalue weighted by Crippen LogP contribution is 2.02. The molecule has 1 aromatic carbocycles. The Morgan fingerprint density at radius 3 is 2.42 bits per heavy atom. The highest BCUT2D eigenvalue weighted by molar-refractivity contribution is 5.80. The SMILES string of the molecule is CCN(CC)CCNC(Cc1ccccc1)C(N)=O. The Labute approximate surface area is 116 Å². The molecule has 0 bridgehead atoms. The van der Waals surface area contributed by atoms with Crippen molar-refractivity contribution in [2.45, 2.75) is 26.3 Å². The summed E-state index contributed by atoms with van der Waals surface area (Å²) in [6.45, 7) is 8.04. The van der Waals surface area contributed by atoms with Crippen molar-refractivity contribution in [3.63, 3.8) is 0 Å². The third kappa shape index (κ3) is 5.85. The highest BCUT2D eigenvalue weighted by Gasteiger charge is 2.15. The molecule has 1 atom stereocenters. The van der Waals surface area contributed by atoms with E-state index in [1.807, 2.05) is 30.3 Å². The summed E-state index contributed by atoms with van der Waals surface area (Å²) in [5.74, 6) is -0.289. The summed E-state index contributed by atoms with van der Waals surface area (Å²) in [7, 11) is 0. The molecule has 0 aliphatic heterocycles. The first kappa shape index (κ1) is 15.7. The van der Waals surface area contributed by atoms with Crippen LogP contribution in [0.4, 0.5) is 0 Å². The van der Waals surface area contributed by atoms with Crippen LogP contribution in [0.15, 0.2) is 30.3 Å². The van der Waals surface area contributed by atoms with E-state index in [9.17, 15) is 4.79 Å². The Morgan fingerprint density at radius 1 is 1.26 bits per heavy atom. The topological polar surface area (TPSA) is 58.4 Å². The zero-order valence-electron chi connectivity index (χ0n) is 11.9. The maximum atomic E-state index is 11.5. The molecule has 0 saturated carbocycles. The number of benzene rings is 1. The lowest BCUT2D eigenvalue weighted by molar-refractivity contribution is -0.120. The number of nitrogens with one attached hydrogen (secondary N) is 1. The molecule has 19 heavy (non-hydrogen) atoms. The van der Waals surface area contributed by atoms with Gasteiger partial charge in [-0.3, -0.25) is 4.79 Å². The maximum absolute atomic E-state index is 11.5. The molecule has 1 rings (SSSR count). The number of hydrogen-bond donors (Lipinski definition) is 2. The Bertz CT molecular complexity index is 363. The molecule has 3 N–H and O–H groups in total. The Kier molecular flexibility index (Phi) is 7.15. The second kappa shape index (κ2) is 8.67. The fraction of sp³-hybridized carbons (Fsp3) is 0.533. The molecule has 0 radical (unpaired) electrons. The summed E-state index contributed by atoms with van der Waals surface area (Å²) in [6, 6.07) is 9.66. The van der Waals surface area contributed by atoms with Gasteiger partial charge in [-0.25, -0.2) is 0 Å². The van der Waals surface area contributed by atoms with Crippen LogP contribution >= 0.6 is 0 Å². The van der Waals surface area contributed by atoms with Gasteiger partial charge in [-0.1, -0.05) is 44.2 Å². The van der Waals surface area contributed by atoms with Gasteiger partial charge in [0.15, 0.2) is 0 Å². The van der Waals surface area contributed by atoms with Gasteiger partial charge in [0.1, 0.15) is 0 Å². The third-order valence-electron chi connectivity index (χ3n) is 3.34. The Morgan fingerprint density at radius 2 is 1.89 bits per heavy atom. The average Bonchev–Trinajstić information content (AvgIpc) is 2.43. The van der Waals surface area contributed by atoms with Gasteiger partial charge in [0.05, 0.1) is 6.04 Å². The lowest BCUT2D eigenvalue weighted by atomic mass is 10.1. The van der Waals surface area contributed by atoms with Crippen LogP contribution in [0.1, 0.15) is 19.4 Å². The molecule has 0 aliphatic carbocycles. The molecule has 106 valence electrons. The first-order chi connectivity index (χ1) is 9.17. The van der Waals surface area contributed by atoms with Crippen molar-refractivity contribution < 1.29 is 4.79 Å². The van der Waals surface area contributed by atoms with Gasteiger partial charge >= 0.3 is 0 Å². The number of nitrogens with zero attached hydrogens (tertiary/aromatic N) is 1. The van der Waals surface area contributed by atoms with Crippen molar-refractivity contribution >= 4 is 5.91 Å². The molecule has 0 fully saturated rings. The fourth-order valence-electron chi connectivity index (χ4n) is 2.06. The minimum absolute atomic E-state index is 0.289. The highest BCUT2D eigenvalue weighted by atomic mass is 16.1. The maximum Gasteiger partial charge on any atom is 0.234 e. The van der Waals surface area contributed by atoms with Crippen LogP contribution in [0.5, 0.6) is 0 Å². The molecule has 0 aromatic heterocycles. The van der Waals surface area contributed by atoms with E-state index in [-0.39, 0.29) is 11.9 Å². The molecular weight excluding hydrogens is 238 g/mol. The number of rotatable bonds is 9. The fourth-order valence-corrected chi connectivity index (χ4v) is 2.06. The lowest BCUT2D eigenvalue weighted by Gasteiger charge is -2.21. The van der Waals surface area contributed by atoms with Crippen molar-refractivity contribution in [3.05, 3.63) is 35.9 Å². The van der Waals surface area contributed by atoms with Gasteiger partial charge in [-0.2, -0.15) is 0 Å². The number of nitrogens with two attached hydrogens (primary N) is 1. The van der Waals surface area contributed by atoms with Gasteiger partial charge in [0.25, 0.3) is 0 Å². The van der Waals surface area contributed by atoms with Gasteiger partial charge in [0, 0.05) is 13.1 Å². The predicted octanol–water partition coefficient (Wildman–Crippen LogP) is 1.01. The van der Waals surface area contributed by atoms with Crippen LogP contribution in [0.25, 0.3) is 0 Å². The van der Waals surface area contributed by atoms with Gasteiger partial charge in [-0.15, -0.1) is 0 Å². The van der Waals surface area contributed by atoms with E-state index in [1.54, 1.807) is 0 Å². The molecule has 4 nitrogen and oxygen atoms in total. The van der Waals surface area contributed by atoms with Crippen molar-refractivity contribution in [2.75, 3.05) is 26.2 Å². The minimum Gasteiger partial charge on any atom is -0.368 e. The summed E-state index contributed by atoms with van der Waals surface area (Å²) in [5, 5.41) is 3.25. The molecule has 4 heteroatoms. The van der Waals surface area contributed by atoms with Crippen LogP contribution in [0.2, 0.25) is 0 Å². The van der Waals surface area contributed by atoms with Crippen molar-refractivity contribution in [1.82, 2.24) is 10.2 Å². The van der Waals surface area contributed by atoms with E-state index >= 15 is 0 Å². The zero-order chi connectivity index (χ0) is 14.1. The van der Waals surface area contributed by atoms with Gasteiger partial charge in [0.2, 0.25) is 5.91 Å². The van der Waals surface area contributed by atoms with Crippen LogP contribution in [-0.2, 0) is 11.2 Å². The monoisotopic (exact) mass is 263 g/mol. The number of likely N-dealkylation sites (N-methyl/N-ethyl adjacent to an activating group) is 1. The van der Waals surface area contributed by atoms with Crippen LogP contribution < -0.4 is 11.1 Å². The molecule has 0 saturated heterocycles. The van der Waals surface area contributed by atoms with Gasteiger partial charge < -0.3 is 16.0 Å². The Balaban J connectivity index is 2.43. The van der Waals surface area contributed by atoms with E-state index in [0.717, 1.165) is 31.7 Å². The van der Waals surface area contributed by atoms with E-state index in [4.69, 9.17) is 5.73 Å². The summed E-state index contributed by atoms with van der Waals surface area (Å²) in [4.78, 5) is 13.8. The first-order valence-corrected chi connectivity index (χ1v) is 6.96. The summed E-state index contributed by atoms with van der Waals surface area (Å²) in [6.07, 6.45) is 0.647. The first-order valence-electron chi connectivity index (χ1n) is 6.96. The van der Waals surface area contributed by atoms with Gasteiger partial charge in [-0.05, 0) is 25.1 Å². The normalized spacial score (nSPS) is 12.6. The van der Waals surface area contributed by atoms with Crippen molar-refractivity contribution in [1.29, 1.82) is 0 Å². The van der Waals surface area contributed by atoms with E-state index in [2.05, 4.69) is 24.1 Å². The van der Waals surface area contributed by atoms with E-state index < -0.39 is 0 Å². The molecule has 1 unspecified atom stereocenters. The summed E-state index contributed by atoms with van der Waals surface area (Å²) >= 11 is 0. The number of primary amides is 1. The smallest absolute Gasteiger partial charge is 0.234 e. The molecule has 1 aromatic rings. The van der Waals surface area contributed by atoms with Crippen molar-refractivity contribution in [3.8, 4) is 0 Å². The number of carbonyl (C=O) groups excluding carboxylic acids is 1. The standard InChI is InChI=1S/C15H25N3O/c1-3-18(4-2)11-10-17-14(15(16)19)12-13-8-6-5-7-9-13/h5-9,14,17H,3-4,10-12H2,1-2H3,(H2,16,19). The van der Waals surface area contributed by atoms with Crippen LogP contribution in [0, 0.1) is 0 Å². The molecule has 0 aliphatic rings. The van der Waals surface area contributed by atoms with Crippen molar-refractivity contribution in [2.24, 2.45) is 5.73 Å². The second-order valence-electron chi connectivity index (χ2n) is 4.63. The van der Waals surface area contributed by atoms with E-state index in [1.165, 1.54) is 0 Å². The summed E-state index contributed by atoms with van der Waals surface area (Å²) < 4.78 is 0. The molecule has 0 heterocycles. The lowest BCUT2D eigenvalue weighted by Crippen LogP contribution is -2.45. The largest absolute Gasteiger partial charge is 0.368 e.